The molecule has 2 aliphatic carbocycles. The van der Waals surface area contributed by atoms with Crippen LogP contribution in [0.15, 0.2) is 133 Å². The molecular formula is C48H52F6N4O. The Hall–Kier alpha value is -4.90. The van der Waals surface area contributed by atoms with Crippen LogP contribution in [-0.2, 0) is 28.4 Å². The minimum absolute atomic E-state index is 0.329. The van der Waals surface area contributed by atoms with Gasteiger partial charge >= 0.3 is 12.4 Å². The van der Waals surface area contributed by atoms with Crippen molar-refractivity contribution in [2.24, 2.45) is 0 Å². The molecule has 4 unspecified atom stereocenters. The molecule has 0 amide bonds. The molecule has 2 aliphatic rings. The first-order chi connectivity index (χ1) is 28.4. The van der Waals surface area contributed by atoms with Gasteiger partial charge in [-0.05, 0) is 71.9 Å². The van der Waals surface area contributed by atoms with Crippen LogP contribution in [0.1, 0.15) is 124 Å². The molecular weight excluding hydrogens is 763 g/mol. The molecule has 6 rings (SSSR count). The lowest BCUT2D eigenvalue weighted by Crippen LogP contribution is -2.43. The van der Waals surface area contributed by atoms with Crippen molar-refractivity contribution >= 4 is 0 Å². The Bertz CT molecular complexity index is 1910. The second-order valence-corrected chi connectivity index (χ2v) is 15.6. The van der Waals surface area contributed by atoms with Crippen LogP contribution in [0.5, 0.6) is 0 Å². The van der Waals surface area contributed by atoms with Gasteiger partial charge in [0.15, 0.2) is 0 Å². The number of benzene rings is 2. The number of ether oxygens (including phenoxy) is 1. The second-order valence-electron chi connectivity index (χ2n) is 15.6. The van der Waals surface area contributed by atoms with Gasteiger partial charge in [0.05, 0.1) is 0 Å². The van der Waals surface area contributed by atoms with E-state index >= 15 is 26.3 Å². The maximum Gasteiger partial charge on any atom is 0.405 e. The van der Waals surface area contributed by atoms with Crippen molar-refractivity contribution in [3.05, 3.63) is 167 Å². The minimum atomic E-state index is -4.70. The van der Waals surface area contributed by atoms with Crippen molar-refractivity contribution < 1.29 is 31.1 Å². The molecule has 4 aromatic rings. The first kappa shape index (κ1) is 43.7. The van der Waals surface area contributed by atoms with Crippen LogP contribution in [0.4, 0.5) is 26.3 Å². The Morgan fingerprint density at radius 1 is 0.542 bits per heavy atom. The lowest BCUT2D eigenvalue weighted by Gasteiger charge is -2.36. The van der Waals surface area contributed by atoms with Crippen molar-refractivity contribution in [1.82, 2.24) is 19.9 Å². The minimum Gasteiger partial charge on any atom is -0.356 e. The van der Waals surface area contributed by atoms with E-state index in [0.29, 0.717) is 35.1 Å². The second kappa shape index (κ2) is 19.4. The molecule has 312 valence electrons. The highest BCUT2D eigenvalue weighted by atomic mass is 19.4. The molecule has 0 aliphatic heterocycles. The van der Waals surface area contributed by atoms with Crippen LogP contribution in [0.25, 0.3) is 0 Å². The van der Waals surface area contributed by atoms with E-state index in [0.717, 1.165) is 74.6 Å². The Morgan fingerprint density at radius 3 is 1.22 bits per heavy atom. The molecule has 0 radical (unpaired) electrons. The summed E-state index contributed by atoms with van der Waals surface area (Å²) >= 11 is 0. The van der Waals surface area contributed by atoms with Crippen LogP contribution in [0.2, 0.25) is 0 Å². The van der Waals surface area contributed by atoms with Gasteiger partial charge in [0.2, 0.25) is 0 Å². The fraction of sp³-hybridized carbons (Fsp3) is 0.417. The number of aryl methyl sites for hydroxylation is 2. The average Bonchev–Trinajstić information content (AvgIpc) is 3.25. The summed E-state index contributed by atoms with van der Waals surface area (Å²) in [5.41, 5.74) is -1.05. The molecule has 0 N–H and O–H groups in total. The SMILES string of the molecule is CCCCCCc1cnc(C2(C(F)(F)F)C=CC(C(OC(C3=CCC(c4ncc(CCCCCC)cn4)(C(F)(F)F)C=C3)c3ccccc3)c3ccccc3)=CC2)nc1. The Labute approximate surface area is 343 Å². The van der Waals surface area contributed by atoms with Crippen LogP contribution < -0.4 is 0 Å². The van der Waals surface area contributed by atoms with Gasteiger partial charge in [0.25, 0.3) is 0 Å². The van der Waals surface area contributed by atoms with Crippen molar-refractivity contribution in [1.29, 1.82) is 0 Å². The number of allylic oxidation sites excluding steroid dienone is 4. The number of alkyl halides is 6. The summed E-state index contributed by atoms with van der Waals surface area (Å²) in [6.07, 6.45) is 11.6. The predicted molar refractivity (Wildman–Crippen MR) is 218 cm³/mol. The molecule has 0 fully saturated rings. The zero-order chi connectivity index (χ0) is 41.9. The molecule has 5 nitrogen and oxygen atoms in total. The van der Waals surface area contributed by atoms with Crippen molar-refractivity contribution in [2.45, 2.75) is 126 Å². The number of unbranched alkanes of at least 4 members (excludes halogenated alkanes) is 6. The third-order valence-corrected chi connectivity index (χ3v) is 11.4. The number of halogens is 6. The first-order valence-electron chi connectivity index (χ1n) is 20.7. The van der Waals surface area contributed by atoms with Crippen molar-refractivity contribution in [3.8, 4) is 0 Å². The lowest BCUT2D eigenvalue weighted by atomic mass is 9.76. The molecule has 2 aromatic carbocycles. The van der Waals surface area contributed by atoms with E-state index in [1.165, 1.54) is 49.1 Å². The molecule has 59 heavy (non-hydrogen) atoms. The van der Waals surface area contributed by atoms with E-state index in [-0.39, 0.29) is 11.6 Å². The van der Waals surface area contributed by atoms with Crippen LogP contribution >= 0.6 is 0 Å². The molecule has 2 heterocycles. The highest BCUT2D eigenvalue weighted by Gasteiger charge is 2.58. The number of rotatable bonds is 18. The van der Waals surface area contributed by atoms with E-state index in [1.807, 2.05) is 60.7 Å². The van der Waals surface area contributed by atoms with E-state index < -0.39 is 48.2 Å². The summed E-state index contributed by atoms with van der Waals surface area (Å²) in [7, 11) is 0. The summed E-state index contributed by atoms with van der Waals surface area (Å²) in [5, 5.41) is 0. The first-order valence-corrected chi connectivity index (χ1v) is 20.7. The average molecular weight is 815 g/mol. The number of hydrogen-bond acceptors (Lipinski definition) is 5. The standard InChI is InChI=1S/C48H52F6N4O/c1-3-5-7-11-17-35-31-55-43(56-32-35)45(47(49,50)51)27-23-39(24-28-45)41(37-19-13-9-14-20-37)59-42(38-21-15-10-16-22-38)40-25-29-46(30-26-40,48(52,53)54)44-57-33-36(34-58-44)18-12-8-6-4-2/h9-10,13-16,19-27,29,31-34,41-42H,3-8,11-12,17-18,28,30H2,1-2H3. The highest BCUT2D eigenvalue weighted by Crippen LogP contribution is 2.50. The number of nitrogens with zero attached hydrogens (tertiary/aromatic N) is 4. The smallest absolute Gasteiger partial charge is 0.356 e. The summed E-state index contributed by atoms with van der Waals surface area (Å²) in [6.45, 7) is 4.23. The molecule has 0 spiro atoms. The summed E-state index contributed by atoms with van der Waals surface area (Å²) in [4.78, 5) is 17.0. The molecule has 2 aromatic heterocycles. The Balaban J connectivity index is 1.30. The third-order valence-electron chi connectivity index (χ3n) is 11.4. The molecule has 11 heteroatoms. The highest BCUT2D eigenvalue weighted by molar-refractivity contribution is 5.44. The monoisotopic (exact) mass is 814 g/mol. The topological polar surface area (TPSA) is 60.8 Å². The van der Waals surface area contributed by atoms with Gasteiger partial charge in [-0.15, -0.1) is 0 Å². The van der Waals surface area contributed by atoms with Gasteiger partial charge in [-0.25, -0.2) is 19.9 Å². The number of hydrogen-bond donors (Lipinski definition) is 0. The van der Waals surface area contributed by atoms with Gasteiger partial charge in [0, 0.05) is 24.8 Å². The largest absolute Gasteiger partial charge is 0.405 e. The fourth-order valence-corrected chi connectivity index (χ4v) is 7.73. The normalized spacial score (nSPS) is 20.5. The zero-order valence-electron chi connectivity index (χ0n) is 33.7. The van der Waals surface area contributed by atoms with Gasteiger partial charge in [-0.3, -0.25) is 0 Å². The molecule has 0 bridgehead atoms. The number of aromatic nitrogens is 4. The maximum atomic E-state index is 15.1. The van der Waals surface area contributed by atoms with E-state index in [9.17, 15) is 0 Å². The Morgan fingerprint density at radius 2 is 0.915 bits per heavy atom. The summed E-state index contributed by atoms with van der Waals surface area (Å²) < 4.78 is 97.3. The third kappa shape index (κ3) is 10.1. The van der Waals surface area contributed by atoms with Gasteiger partial charge in [-0.2, -0.15) is 26.3 Å². The summed E-state index contributed by atoms with van der Waals surface area (Å²) in [5.74, 6) is -0.658. The summed E-state index contributed by atoms with van der Waals surface area (Å²) in [6, 6.07) is 18.2. The van der Waals surface area contributed by atoms with E-state index in [4.69, 9.17) is 4.74 Å². The van der Waals surface area contributed by atoms with Crippen molar-refractivity contribution in [2.75, 3.05) is 0 Å². The molecule has 0 saturated carbocycles. The maximum absolute atomic E-state index is 15.1. The van der Waals surface area contributed by atoms with Crippen LogP contribution in [0.3, 0.4) is 0 Å². The van der Waals surface area contributed by atoms with E-state index in [2.05, 4.69) is 33.8 Å². The van der Waals surface area contributed by atoms with Crippen LogP contribution in [0, 0.1) is 0 Å². The van der Waals surface area contributed by atoms with Gasteiger partial charge < -0.3 is 4.74 Å². The molecule has 4 atom stereocenters. The zero-order valence-corrected chi connectivity index (χ0v) is 33.7. The van der Waals surface area contributed by atoms with Crippen molar-refractivity contribution in [3.63, 3.8) is 0 Å². The van der Waals surface area contributed by atoms with Gasteiger partial charge in [-0.1, -0.05) is 149 Å². The molecule has 0 saturated heterocycles. The fourth-order valence-electron chi connectivity index (χ4n) is 7.73. The Kier molecular flexibility index (Phi) is 14.4. The quantitative estimate of drug-likeness (QED) is 0.0739. The van der Waals surface area contributed by atoms with Crippen LogP contribution in [-0.4, -0.2) is 32.3 Å². The van der Waals surface area contributed by atoms with E-state index in [1.54, 1.807) is 0 Å². The van der Waals surface area contributed by atoms with Gasteiger partial charge in [0.1, 0.15) is 34.7 Å². The lowest BCUT2D eigenvalue weighted by molar-refractivity contribution is -0.178. The predicted octanol–water partition coefficient (Wildman–Crippen LogP) is 13.1.